The molecule has 7 heteroatoms. The number of hydrogen-bond donors (Lipinski definition) is 1. The van der Waals surface area contributed by atoms with Gasteiger partial charge in [-0.25, -0.2) is 4.98 Å². The molecule has 26 heavy (non-hydrogen) atoms. The fourth-order valence-electron chi connectivity index (χ4n) is 2.96. The number of imidazole rings is 1. The minimum atomic E-state index is 0.0192. The predicted molar refractivity (Wildman–Crippen MR) is 97.5 cm³/mol. The van der Waals surface area contributed by atoms with Gasteiger partial charge in [0, 0.05) is 54.9 Å². The average molecular weight is 353 g/mol. The molecule has 0 aromatic carbocycles. The smallest absolute Gasteiger partial charge is 0.220 e. The van der Waals surface area contributed by atoms with Crippen LogP contribution in [0.4, 0.5) is 0 Å². The maximum absolute atomic E-state index is 12.1. The summed E-state index contributed by atoms with van der Waals surface area (Å²) in [6.45, 7) is 6.98. The molecule has 3 rings (SSSR count). The zero-order valence-corrected chi connectivity index (χ0v) is 15.3. The molecule has 136 valence electrons. The van der Waals surface area contributed by atoms with E-state index in [2.05, 4.69) is 25.0 Å². The lowest BCUT2D eigenvalue weighted by Crippen LogP contribution is -2.27. The summed E-state index contributed by atoms with van der Waals surface area (Å²) in [5.41, 5.74) is 3.88. The van der Waals surface area contributed by atoms with Crippen molar-refractivity contribution >= 4 is 5.91 Å². The molecule has 0 aliphatic rings. The average Bonchev–Trinajstić information content (AvgIpc) is 3.16. The summed E-state index contributed by atoms with van der Waals surface area (Å²) in [5.74, 6) is 1.66. The third-order valence-electron chi connectivity index (χ3n) is 4.42. The lowest BCUT2D eigenvalue weighted by molar-refractivity contribution is -0.121. The summed E-state index contributed by atoms with van der Waals surface area (Å²) in [5, 5.41) is 6.89. The van der Waals surface area contributed by atoms with Crippen LogP contribution in [-0.4, -0.2) is 32.1 Å². The summed E-state index contributed by atoms with van der Waals surface area (Å²) in [6.07, 6.45) is 6.42. The number of amides is 1. The Morgan fingerprint density at radius 1 is 1.27 bits per heavy atom. The van der Waals surface area contributed by atoms with Gasteiger partial charge in [0.15, 0.2) is 0 Å². The van der Waals surface area contributed by atoms with Gasteiger partial charge in [0.25, 0.3) is 0 Å². The van der Waals surface area contributed by atoms with E-state index in [1.165, 1.54) is 0 Å². The van der Waals surface area contributed by atoms with Crippen LogP contribution in [0.25, 0.3) is 11.4 Å². The van der Waals surface area contributed by atoms with Crippen molar-refractivity contribution in [3.63, 3.8) is 0 Å². The molecule has 0 unspecified atom stereocenters. The summed E-state index contributed by atoms with van der Waals surface area (Å²) in [7, 11) is 0. The molecule has 1 N–H and O–H groups in total. The SMILES string of the molecule is Cc1noc(C)c1CCC(=O)NCCn1c(C)cnc1-c1cccnc1. The van der Waals surface area contributed by atoms with E-state index in [0.29, 0.717) is 25.9 Å². The minimum Gasteiger partial charge on any atom is -0.361 e. The van der Waals surface area contributed by atoms with Gasteiger partial charge in [-0.1, -0.05) is 5.16 Å². The van der Waals surface area contributed by atoms with Gasteiger partial charge in [-0.15, -0.1) is 0 Å². The number of carbonyl (C=O) groups excluding carboxylic acids is 1. The fraction of sp³-hybridized carbons (Fsp3) is 0.368. The number of hydrogen-bond acceptors (Lipinski definition) is 5. The Bertz CT molecular complexity index is 863. The highest BCUT2D eigenvalue weighted by molar-refractivity contribution is 5.76. The normalized spacial score (nSPS) is 10.9. The van der Waals surface area contributed by atoms with Crippen molar-refractivity contribution in [3.8, 4) is 11.4 Å². The Labute approximate surface area is 152 Å². The van der Waals surface area contributed by atoms with E-state index in [1.54, 1.807) is 12.4 Å². The van der Waals surface area contributed by atoms with E-state index < -0.39 is 0 Å². The van der Waals surface area contributed by atoms with Gasteiger partial charge in [0.05, 0.1) is 5.69 Å². The Morgan fingerprint density at radius 3 is 2.81 bits per heavy atom. The van der Waals surface area contributed by atoms with Crippen LogP contribution in [0.3, 0.4) is 0 Å². The molecule has 3 aromatic heterocycles. The van der Waals surface area contributed by atoms with Crippen LogP contribution >= 0.6 is 0 Å². The highest BCUT2D eigenvalue weighted by Gasteiger charge is 2.12. The quantitative estimate of drug-likeness (QED) is 0.706. The van der Waals surface area contributed by atoms with Crippen molar-refractivity contribution in [1.29, 1.82) is 0 Å². The zero-order valence-electron chi connectivity index (χ0n) is 15.3. The molecule has 0 bridgehead atoms. The van der Waals surface area contributed by atoms with Gasteiger partial charge < -0.3 is 14.4 Å². The number of aromatic nitrogens is 4. The van der Waals surface area contributed by atoms with Crippen LogP contribution in [0.1, 0.15) is 29.1 Å². The van der Waals surface area contributed by atoms with Gasteiger partial charge in [-0.3, -0.25) is 9.78 Å². The van der Waals surface area contributed by atoms with Gasteiger partial charge in [-0.2, -0.15) is 0 Å². The maximum Gasteiger partial charge on any atom is 0.220 e. The number of carbonyl (C=O) groups is 1. The van der Waals surface area contributed by atoms with E-state index in [1.807, 2.05) is 39.1 Å². The Kier molecular flexibility index (Phi) is 5.46. The molecule has 3 aromatic rings. The Balaban J connectivity index is 1.54. The second kappa shape index (κ2) is 7.95. The molecule has 1 amide bonds. The molecule has 0 spiro atoms. The standard InChI is InChI=1S/C19H23N5O2/c1-13-11-22-19(16-5-4-8-20-12-16)24(13)10-9-21-18(25)7-6-17-14(2)23-26-15(17)3/h4-5,8,11-12H,6-7,9-10H2,1-3H3,(H,21,25). The highest BCUT2D eigenvalue weighted by atomic mass is 16.5. The predicted octanol–water partition coefficient (Wildman–Crippen LogP) is 2.61. The number of nitrogens with zero attached hydrogens (tertiary/aromatic N) is 4. The highest BCUT2D eigenvalue weighted by Crippen LogP contribution is 2.18. The van der Waals surface area contributed by atoms with Gasteiger partial charge >= 0.3 is 0 Å². The van der Waals surface area contributed by atoms with Crippen molar-refractivity contribution < 1.29 is 9.32 Å². The first-order valence-electron chi connectivity index (χ1n) is 8.67. The molecule has 0 saturated carbocycles. The minimum absolute atomic E-state index is 0.0192. The maximum atomic E-state index is 12.1. The first-order valence-corrected chi connectivity index (χ1v) is 8.67. The van der Waals surface area contributed by atoms with Crippen molar-refractivity contribution in [3.05, 3.63) is 53.4 Å². The molecule has 7 nitrogen and oxygen atoms in total. The van der Waals surface area contributed by atoms with E-state index in [9.17, 15) is 4.79 Å². The molecule has 0 saturated heterocycles. The molecule has 0 aliphatic carbocycles. The zero-order chi connectivity index (χ0) is 18.5. The van der Waals surface area contributed by atoms with Crippen molar-refractivity contribution in [2.45, 2.75) is 40.2 Å². The number of rotatable bonds is 7. The second-order valence-electron chi connectivity index (χ2n) is 6.27. The first-order chi connectivity index (χ1) is 12.6. The number of pyridine rings is 1. The van der Waals surface area contributed by atoms with Gasteiger partial charge in [0.2, 0.25) is 5.91 Å². The van der Waals surface area contributed by atoms with Crippen LogP contribution in [0.5, 0.6) is 0 Å². The Hall–Kier alpha value is -2.96. The van der Waals surface area contributed by atoms with Crippen LogP contribution in [0.2, 0.25) is 0 Å². The molecule has 0 aliphatic heterocycles. The van der Waals surface area contributed by atoms with E-state index in [-0.39, 0.29) is 5.91 Å². The lowest BCUT2D eigenvalue weighted by atomic mass is 10.1. The summed E-state index contributed by atoms with van der Waals surface area (Å²) in [6, 6.07) is 3.87. The summed E-state index contributed by atoms with van der Waals surface area (Å²) in [4.78, 5) is 20.7. The molecule has 0 atom stereocenters. The van der Waals surface area contributed by atoms with Crippen molar-refractivity contribution in [2.24, 2.45) is 0 Å². The molecular formula is C19H23N5O2. The first kappa shape index (κ1) is 17.8. The monoisotopic (exact) mass is 353 g/mol. The molecule has 0 fully saturated rings. The third-order valence-corrected chi connectivity index (χ3v) is 4.42. The number of aryl methyl sites for hydroxylation is 3. The van der Waals surface area contributed by atoms with Gasteiger partial charge in [-0.05, 0) is 39.3 Å². The number of nitrogens with one attached hydrogen (secondary N) is 1. The van der Waals surface area contributed by atoms with Crippen molar-refractivity contribution in [1.82, 2.24) is 25.0 Å². The van der Waals surface area contributed by atoms with Gasteiger partial charge in [0.1, 0.15) is 11.6 Å². The van der Waals surface area contributed by atoms with Crippen LogP contribution in [-0.2, 0) is 17.8 Å². The summed E-state index contributed by atoms with van der Waals surface area (Å²) < 4.78 is 7.22. The largest absolute Gasteiger partial charge is 0.361 e. The van der Waals surface area contributed by atoms with Crippen LogP contribution in [0, 0.1) is 20.8 Å². The van der Waals surface area contributed by atoms with E-state index in [0.717, 1.165) is 34.1 Å². The second-order valence-corrected chi connectivity index (χ2v) is 6.27. The third kappa shape index (κ3) is 3.99. The summed E-state index contributed by atoms with van der Waals surface area (Å²) >= 11 is 0. The van der Waals surface area contributed by atoms with E-state index >= 15 is 0 Å². The van der Waals surface area contributed by atoms with Crippen molar-refractivity contribution in [2.75, 3.05) is 6.54 Å². The fourth-order valence-corrected chi connectivity index (χ4v) is 2.96. The molecule has 0 radical (unpaired) electrons. The molecular weight excluding hydrogens is 330 g/mol. The van der Waals surface area contributed by atoms with Crippen LogP contribution in [0.15, 0.2) is 35.2 Å². The van der Waals surface area contributed by atoms with E-state index in [4.69, 9.17) is 4.52 Å². The molecule has 3 heterocycles. The topological polar surface area (TPSA) is 85.8 Å². The van der Waals surface area contributed by atoms with Crippen LogP contribution < -0.4 is 5.32 Å². The Morgan fingerprint density at radius 2 is 2.12 bits per heavy atom. The lowest BCUT2D eigenvalue weighted by Gasteiger charge is -2.11.